The quantitative estimate of drug-likeness (QED) is 0.743. The molecule has 6 nitrogen and oxygen atoms in total. The lowest BCUT2D eigenvalue weighted by atomic mass is 10.1. The minimum Gasteiger partial charge on any atom is -0.331 e. The van der Waals surface area contributed by atoms with E-state index in [0.29, 0.717) is 5.65 Å². The van der Waals surface area contributed by atoms with Crippen molar-refractivity contribution >= 4 is 23.1 Å². The molecule has 0 spiro atoms. The molecule has 0 unspecified atom stereocenters. The number of fused-ring (bicyclic) bond motifs is 1. The molecule has 0 aliphatic carbocycles. The molecule has 146 valence electrons. The Morgan fingerprint density at radius 3 is 2.64 bits per heavy atom. The molecular weight excluding hydrogens is 373 g/mol. The van der Waals surface area contributed by atoms with Crippen LogP contribution in [0.15, 0.2) is 48.8 Å². The number of hydrogen-bond donors (Lipinski definition) is 1. The molecule has 0 aliphatic heterocycles. The van der Waals surface area contributed by atoms with E-state index < -0.39 is 30.1 Å². The van der Waals surface area contributed by atoms with Gasteiger partial charge in [0.1, 0.15) is 11.3 Å². The summed E-state index contributed by atoms with van der Waals surface area (Å²) in [5.41, 5.74) is 0.391. The van der Waals surface area contributed by atoms with Gasteiger partial charge in [-0.15, -0.1) is 0 Å². The van der Waals surface area contributed by atoms with E-state index in [9.17, 15) is 22.8 Å². The number of halogens is 3. The van der Waals surface area contributed by atoms with Gasteiger partial charge in [-0.3, -0.25) is 9.59 Å². The molecule has 28 heavy (non-hydrogen) atoms. The highest BCUT2D eigenvalue weighted by atomic mass is 19.4. The third-order valence-corrected chi connectivity index (χ3v) is 4.07. The van der Waals surface area contributed by atoms with E-state index in [-0.39, 0.29) is 11.4 Å². The molecule has 0 fully saturated rings. The lowest BCUT2D eigenvalue weighted by Crippen LogP contribution is -2.35. The summed E-state index contributed by atoms with van der Waals surface area (Å²) in [5, 5.41) is 2.21. The number of imidazole rings is 1. The number of carbonyl (C=O) groups excluding carboxylic acids is 2. The largest absolute Gasteiger partial charge is 0.418 e. The lowest BCUT2D eigenvalue weighted by Gasteiger charge is -2.17. The van der Waals surface area contributed by atoms with Crippen molar-refractivity contribution in [1.29, 1.82) is 0 Å². The Bertz CT molecular complexity index is 1040. The van der Waals surface area contributed by atoms with Gasteiger partial charge in [0.05, 0.1) is 17.8 Å². The Morgan fingerprint density at radius 2 is 1.93 bits per heavy atom. The van der Waals surface area contributed by atoms with Crippen LogP contribution in [0, 0.1) is 6.92 Å². The number of pyridine rings is 1. The zero-order valence-corrected chi connectivity index (χ0v) is 15.1. The van der Waals surface area contributed by atoms with Crippen molar-refractivity contribution in [2.45, 2.75) is 13.1 Å². The predicted octanol–water partition coefficient (Wildman–Crippen LogP) is 3.37. The molecule has 3 aromatic rings. The van der Waals surface area contributed by atoms with E-state index in [4.69, 9.17) is 0 Å². The van der Waals surface area contributed by atoms with Crippen LogP contribution in [0.1, 0.15) is 21.6 Å². The number of nitrogens with one attached hydrogen (secondary N) is 1. The molecule has 0 saturated carbocycles. The number of carbonyl (C=O) groups is 2. The predicted molar refractivity (Wildman–Crippen MR) is 97.0 cm³/mol. The number of likely N-dealkylation sites (N-methyl/N-ethyl adjacent to an activating group) is 1. The summed E-state index contributed by atoms with van der Waals surface area (Å²) in [5.74, 6) is -1.26. The maximum absolute atomic E-state index is 13.0. The average molecular weight is 390 g/mol. The maximum Gasteiger partial charge on any atom is 0.418 e. The monoisotopic (exact) mass is 390 g/mol. The first-order valence-electron chi connectivity index (χ1n) is 8.32. The topological polar surface area (TPSA) is 66.7 Å². The number of anilines is 1. The molecule has 0 aliphatic rings. The number of para-hydroxylation sites is 1. The van der Waals surface area contributed by atoms with Crippen LogP contribution >= 0.6 is 0 Å². The second kappa shape index (κ2) is 7.34. The van der Waals surface area contributed by atoms with Crippen molar-refractivity contribution in [3.05, 3.63) is 65.6 Å². The number of amides is 2. The molecule has 2 aromatic heterocycles. The van der Waals surface area contributed by atoms with Crippen LogP contribution < -0.4 is 5.32 Å². The normalized spacial score (nSPS) is 11.5. The minimum absolute atomic E-state index is 0.136. The maximum atomic E-state index is 13.0. The summed E-state index contributed by atoms with van der Waals surface area (Å²) in [6.45, 7) is 1.48. The second-order valence-electron chi connectivity index (χ2n) is 6.35. The van der Waals surface area contributed by atoms with Crippen LogP contribution in [-0.4, -0.2) is 39.7 Å². The van der Waals surface area contributed by atoms with E-state index >= 15 is 0 Å². The van der Waals surface area contributed by atoms with Crippen LogP contribution in [0.5, 0.6) is 0 Å². The number of aromatic nitrogens is 2. The summed E-state index contributed by atoms with van der Waals surface area (Å²) in [6, 6.07) is 8.32. The number of alkyl halides is 3. The number of nitrogens with zero attached hydrogens (tertiary/aromatic N) is 3. The van der Waals surface area contributed by atoms with Crippen molar-refractivity contribution in [2.24, 2.45) is 0 Å². The van der Waals surface area contributed by atoms with Crippen molar-refractivity contribution < 1.29 is 22.8 Å². The van der Waals surface area contributed by atoms with Crippen LogP contribution in [0.2, 0.25) is 0 Å². The van der Waals surface area contributed by atoms with Gasteiger partial charge in [0.2, 0.25) is 5.91 Å². The summed E-state index contributed by atoms with van der Waals surface area (Å²) < 4.78 is 40.7. The zero-order valence-electron chi connectivity index (χ0n) is 15.1. The third-order valence-electron chi connectivity index (χ3n) is 4.07. The van der Waals surface area contributed by atoms with Gasteiger partial charge >= 0.3 is 6.18 Å². The van der Waals surface area contributed by atoms with E-state index in [2.05, 4.69) is 10.3 Å². The minimum atomic E-state index is -4.60. The van der Waals surface area contributed by atoms with E-state index in [1.807, 2.05) is 13.0 Å². The SMILES string of the molecule is Cc1ccn2cc(C(=O)N(C)CC(=O)Nc3ccccc3C(F)(F)F)nc2c1. The smallest absolute Gasteiger partial charge is 0.331 e. The fourth-order valence-corrected chi connectivity index (χ4v) is 2.70. The van der Waals surface area contributed by atoms with Gasteiger partial charge in [-0.2, -0.15) is 13.2 Å². The molecule has 2 heterocycles. The molecule has 0 atom stereocenters. The Kier molecular flexibility index (Phi) is 5.08. The lowest BCUT2D eigenvalue weighted by molar-refractivity contribution is -0.137. The van der Waals surface area contributed by atoms with Crippen LogP contribution in [-0.2, 0) is 11.0 Å². The standard InChI is InChI=1S/C19H17F3N4O2/c1-12-7-8-26-10-15(23-16(26)9-12)18(28)25(2)11-17(27)24-14-6-4-3-5-13(14)19(20,21)22/h3-10H,11H2,1-2H3,(H,24,27). The fourth-order valence-electron chi connectivity index (χ4n) is 2.70. The molecule has 1 aromatic carbocycles. The number of benzene rings is 1. The summed E-state index contributed by atoms with van der Waals surface area (Å²) >= 11 is 0. The first-order chi connectivity index (χ1) is 13.1. The first-order valence-corrected chi connectivity index (χ1v) is 8.32. The van der Waals surface area contributed by atoms with Gasteiger partial charge in [0, 0.05) is 19.4 Å². The number of rotatable bonds is 4. The van der Waals surface area contributed by atoms with Crippen molar-refractivity contribution in [3.8, 4) is 0 Å². The zero-order chi connectivity index (χ0) is 20.5. The molecule has 9 heteroatoms. The van der Waals surface area contributed by atoms with E-state index in [0.717, 1.165) is 22.6 Å². The summed E-state index contributed by atoms with van der Waals surface area (Å²) in [7, 11) is 1.38. The Hall–Kier alpha value is -3.36. The molecule has 3 rings (SSSR count). The molecule has 2 amide bonds. The summed E-state index contributed by atoms with van der Waals surface area (Å²) in [4.78, 5) is 30.0. The van der Waals surface area contributed by atoms with E-state index in [1.54, 1.807) is 16.7 Å². The number of aryl methyl sites for hydroxylation is 1. The van der Waals surface area contributed by atoms with Gasteiger partial charge in [0.25, 0.3) is 5.91 Å². The Morgan fingerprint density at radius 1 is 1.21 bits per heavy atom. The molecule has 1 N–H and O–H groups in total. The van der Waals surface area contributed by atoms with Crippen LogP contribution in [0.4, 0.5) is 18.9 Å². The van der Waals surface area contributed by atoms with Gasteiger partial charge in [-0.1, -0.05) is 12.1 Å². The van der Waals surface area contributed by atoms with E-state index in [1.165, 1.54) is 25.4 Å². The highest BCUT2D eigenvalue weighted by Gasteiger charge is 2.33. The average Bonchev–Trinajstić information content (AvgIpc) is 3.03. The van der Waals surface area contributed by atoms with Crippen molar-refractivity contribution in [3.63, 3.8) is 0 Å². The highest BCUT2D eigenvalue weighted by Crippen LogP contribution is 2.34. The van der Waals surface area contributed by atoms with Crippen molar-refractivity contribution in [1.82, 2.24) is 14.3 Å². The fraction of sp³-hybridized carbons (Fsp3) is 0.211. The Labute approximate surface area is 158 Å². The molecular formula is C19H17F3N4O2. The molecule has 0 saturated heterocycles. The van der Waals surface area contributed by atoms with Gasteiger partial charge in [-0.05, 0) is 36.8 Å². The van der Waals surface area contributed by atoms with Gasteiger partial charge in [-0.25, -0.2) is 4.98 Å². The Balaban J connectivity index is 1.71. The third kappa shape index (κ3) is 4.13. The first kappa shape index (κ1) is 19.4. The van der Waals surface area contributed by atoms with Crippen LogP contribution in [0.25, 0.3) is 5.65 Å². The molecule has 0 radical (unpaired) electrons. The second-order valence-corrected chi connectivity index (χ2v) is 6.35. The molecule has 0 bridgehead atoms. The summed E-state index contributed by atoms with van der Waals surface area (Å²) in [6.07, 6.45) is -1.31. The highest BCUT2D eigenvalue weighted by molar-refractivity contribution is 5.98. The van der Waals surface area contributed by atoms with Gasteiger partial charge < -0.3 is 14.6 Å². The number of hydrogen-bond acceptors (Lipinski definition) is 3. The van der Waals surface area contributed by atoms with Gasteiger partial charge in [0.15, 0.2) is 0 Å². The van der Waals surface area contributed by atoms with Crippen molar-refractivity contribution in [2.75, 3.05) is 18.9 Å². The van der Waals surface area contributed by atoms with Crippen LogP contribution in [0.3, 0.4) is 0 Å².